The molecule has 0 spiro atoms. The lowest BCUT2D eigenvalue weighted by Crippen LogP contribution is -2.48. The topological polar surface area (TPSA) is 84.7 Å². The Morgan fingerprint density at radius 3 is 3.05 bits per heavy atom. The van der Waals surface area contributed by atoms with Crippen molar-refractivity contribution in [3.63, 3.8) is 0 Å². The monoisotopic (exact) mass is 289 g/mol. The number of likely N-dealkylation sites (tertiary alicyclic amines) is 1. The molecule has 0 unspecified atom stereocenters. The average molecular weight is 289 g/mol. The zero-order chi connectivity index (χ0) is 15.0. The Morgan fingerprint density at radius 2 is 2.29 bits per heavy atom. The Kier molecular flexibility index (Phi) is 3.55. The van der Waals surface area contributed by atoms with Crippen LogP contribution in [0.4, 0.5) is 5.69 Å². The smallest absolute Gasteiger partial charge is 0.262 e. The highest BCUT2D eigenvalue weighted by molar-refractivity contribution is 5.99. The molecule has 6 heteroatoms. The number of benzene rings is 1. The maximum atomic E-state index is 12.6. The molecule has 6 nitrogen and oxygen atoms in total. The van der Waals surface area contributed by atoms with Crippen LogP contribution in [0.5, 0.6) is 5.75 Å². The molecule has 1 saturated heterocycles. The lowest BCUT2D eigenvalue weighted by Gasteiger charge is -2.36. The predicted octanol–water partition coefficient (Wildman–Crippen LogP) is 0.969. The molecule has 2 aliphatic rings. The Hall–Kier alpha value is -2.08. The zero-order valence-corrected chi connectivity index (χ0v) is 12.0. The van der Waals surface area contributed by atoms with Gasteiger partial charge in [-0.25, -0.2) is 0 Å². The molecular weight excluding hydrogens is 270 g/mol. The van der Waals surface area contributed by atoms with Gasteiger partial charge in [0.1, 0.15) is 5.75 Å². The standard InChI is InChI=1S/C15H19N3O3/c1-9-6-11(16)4-5-18(9)15(20)10-2-3-12-13(7-10)21-8-14(19)17-12/h2-3,7,9,11H,4-6,8,16H2,1H3,(H,17,19)/t9-,11-/m1/s1. The van der Waals surface area contributed by atoms with E-state index in [0.29, 0.717) is 23.5 Å². The number of hydrogen-bond donors (Lipinski definition) is 2. The molecule has 0 aromatic heterocycles. The highest BCUT2D eigenvalue weighted by atomic mass is 16.5. The van der Waals surface area contributed by atoms with Crippen LogP contribution < -0.4 is 15.8 Å². The SMILES string of the molecule is C[C@@H]1C[C@H](N)CCN1C(=O)c1ccc2c(c1)OCC(=O)N2. The minimum absolute atomic E-state index is 0.0143. The van der Waals surface area contributed by atoms with Gasteiger partial charge in [-0.3, -0.25) is 9.59 Å². The number of amides is 2. The highest BCUT2D eigenvalue weighted by Gasteiger charge is 2.28. The Bertz CT molecular complexity index is 588. The van der Waals surface area contributed by atoms with Gasteiger partial charge in [-0.15, -0.1) is 0 Å². The summed E-state index contributed by atoms with van der Waals surface area (Å²) in [6.07, 6.45) is 1.65. The summed E-state index contributed by atoms with van der Waals surface area (Å²) in [6, 6.07) is 5.43. The molecule has 0 bridgehead atoms. The van der Waals surface area contributed by atoms with Gasteiger partial charge in [-0.1, -0.05) is 0 Å². The van der Waals surface area contributed by atoms with Crippen molar-refractivity contribution in [1.29, 1.82) is 0 Å². The van der Waals surface area contributed by atoms with Gasteiger partial charge in [0.25, 0.3) is 11.8 Å². The molecule has 1 fully saturated rings. The second kappa shape index (κ2) is 5.37. The van der Waals surface area contributed by atoms with E-state index < -0.39 is 0 Å². The minimum Gasteiger partial charge on any atom is -0.482 e. The maximum absolute atomic E-state index is 12.6. The van der Waals surface area contributed by atoms with E-state index in [0.717, 1.165) is 12.8 Å². The van der Waals surface area contributed by atoms with E-state index in [9.17, 15) is 9.59 Å². The second-order valence-electron chi connectivity index (χ2n) is 5.68. The molecule has 112 valence electrons. The molecule has 3 rings (SSSR count). The number of piperidine rings is 1. The zero-order valence-electron chi connectivity index (χ0n) is 12.0. The van der Waals surface area contributed by atoms with E-state index in [2.05, 4.69) is 5.32 Å². The first-order valence-electron chi connectivity index (χ1n) is 7.18. The third kappa shape index (κ3) is 2.71. The number of nitrogens with zero attached hydrogens (tertiary/aromatic N) is 1. The van der Waals surface area contributed by atoms with Crippen molar-refractivity contribution in [2.24, 2.45) is 5.73 Å². The van der Waals surface area contributed by atoms with E-state index in [1.54, 1.807) is 18.2 Å². The lowest BCUT2D eigenvalue weighted by molar-refractivity contribution is -0.118. The van der Waals surface area contributed by atoms with Crippen molar-refractivity contribution in [1.82, 2.24) is 4.90 Å². The molecule has 2 heterocycles. The van der Waals surface area contributed by atoms with Crippen LogP contribution in [-0.4, -0.2) is 41.9 Å². The van der Waals surface area contributed by atoms with Crippen molar-refractivity contribution in [2.45, 2.75) is 31.8 Å². The first kappa shape index (κ1) is 13.9. The van der Waals surface area contributed by atoms with Crippen LogP contribution >= 0.6 is 0 Å². The summed E-state index contributed by atoms with van der Waals surface area (Å²) < 4.78 is 5.35. The molecule has 0 radical (unpaired) electrons. The van der Waals surface area contributed by atoms with Crippen molar-refractivity contribution in [3.05, 3.63) is 23.8 Å². The Labute approximate surface area is 123 Å². The van der Waals surface area contributed by atoms with E-state index >= 15 is 0 Å². The van der Waals surface area contributed by atoms with Crippen LogP contribution in [-0.2, 0) is 4.79 Å². The fourth-order valence-electron chi connectivity index (χ4n) is 2.88. The average Bonchev–Trinajstić information content (AvgIpc) is 2.46. The number of carbonyl (C=O) groups is 2. The van der Waals surface area contributed by atoms with Crippen LogP contribution in [0.25, 0.3) is 0 Å². The summed E-state index contributed by atoms with van der Waals surface area (Å²) in [5.74, 6) is 0.347. The Balaban J connectivity index is 1.80. The molecule has 1 aromatic carbocycles. The van der Waals surface area contributed by atoms with Crippen molar-refractivity contribution < 1.29 is 14.3 Å². The molecule has 2 amide bonds. The molecular formula is C15H19N3O3. The van der Waals surface area contributed by atoms with Gasteiger partial charge < -0.3 is 20.7 Å². The predicted molar refractivity (Wildman–Crippen MR) is 78.3 cm³/mol. The van der Waals surface area contributed by atoms with Crippen molar-refractivity contribution >= 4 is 17.5 Å². The number of nitrogens with one attached hydrogen (secondary N) is 1. The van der Waals surface area contributed by atoms with E-state index in [1.807, 2.05) is 11.8 Å². The van der Waals surface area contributed by atoms with E-state index in [1.165, 1.54) is 0 Å². The lowest BCUT2D eigenvalue weighted by atomic mass is 9.98. The third-order valence-corrected chi connectivity index (χ3v) is 4.04. The molecule has 0 aliphatic carbocycles. The van der Waals surface area contributed by atoms with Gasteiger partial charge in [0.15, 0.2) is 6.61 Å². The van der Waals surface area contributed by atoms with Crippen molar-refractivity contribution in [2.75, 3.05) is 18.5 Å². The number of hydrogen-bond acceptors (Lipinski definition) is 4. The molecule has 2 atom stereocenters. The second-order valence-corrected chi connectivity index (χ2v) is 5.68. The van der Waals surface area contributed by atoms with E-state index in [4.69, 9.17) is 10.5 Å². The summed E-state index contributed by atoms with van der Waals surface area (Å²) in [4.78, 5) is 25.7. The van der Waals surface area contributed by atoms with Crippen LogP contribution in [0.1, 0.15) is 30.1 Å². The highest BCUT2D eigenvalue weighted by Crippen LogP contribution is 2.29. The Morgan fingerprint density at radius 1 is 1.48 bits per heavy atom. The number of anilines is 1. The fraction of sp³-hybridized carbons (Fsp3) is 0.467. The maximum Gasteiger partial charge on any atom is 0.262 e. The van der Waals surface area contributed by atoms with Gasteiger partial charge >= 0.3 is 0 Å². The summed E-state index contributed by atoms with van der Waals surface area (Å²) in [6.45, 7) is 2.68. The van der Waals surface area contributed by atoms with Gasteiger partial charge in [0.2, 0.25) is 0 Å². The first-order valence-corrected chi connectivity index (χ1v) is 7.18. The van der Waals surface area contributed by atoms with E-state index in [-0.39, 0.29) is 30.5 Å². The number of rotatable bonds is 1. The molecule has 3 N–H and O–H groups in total. The van der Waals surface area contributed by atoms with Crippen LogP contribution in [0.3, 0.4) is 0 Å². The molecule has 2 aliphatic heterocycles. The minimum atomic E-state index is -0.180. The van der Waals surface area contributed by atoms with Crippen LogP contribution in [0.2, 0.25) is 0 Å². The molecule has 0 saturated carbocycles. The van der Waals surface area contributed by atoms with Gasteiger partial charge in [0, 0.05) is 24.2 Å². The van der Waals surface area contributed by atoms with Gasteiger partial charge in [-0.05, 0) is 38.0 Å². The van der Waals surface area contributed by atoms with Crippen LogP contribution in [0, 0.1) is 0 Å². The normalized spacial score (nSPS) is 24.9. The molecule has 1 aromatic rings. The quantitative estimate of drug-likeness (QED) is 0.806. The summed E-state index contributed by atoms with van der Waals surface area (Å²) in [5.41, 5.74) is 7.12. The molecule has 21 heavy (non-hydrogen) atoms. The number of fused-ring (bicyclic) bond motifs is 1. The first-order chi connectivity index (χ1) is 10.0. The third-order valence-electron chi connectivity index (χ3n) is 4.04. The summed E-state index contributed by atoms with van der Waals surface area (Å²) >= 11 is 0. The fourth-order valence-corrected chi connectivity index (χ4v) is 2.88. The number of carbonyl (C=O) groups excluding carboxylic acids is 2. The van der Waals surface area contributed by atoms with Crippen LogP contribution in [0.15, 0.2) is 18.2 Å². The van der Waals surface area contributed by atoms with Gasteiger partial charge in [0.05, 0.1) is 5.69 Å². The number of nitrogens with two attached hydrogens (primary N) is 1. The number of ether oxygens (including phenoxy) is 1. The van der Waals surface area contributed by atoms with Crippen molar-refractivity contribution in [3.8, 4) is 5.75 Å². The summed E-state index contributed by atoms with van der Waals surface area (Å²) in [7, 11) is 0. The largest absolute Gasteiger partial charge is 0.482 e. The summed E-state index contributed by atoms with van der Waals surface area (Å²) in [5, 5.41) is 2.71. The van der Waals surface area contributed by atoms with Gasteiger partial charge in [-0.2, -0.15) is 0 Å².